The molecule has 0 aliphatic heterocycles. The predicted molar refractivity (Wildman–Crippen MR) is 169 cm³/mol. The number of amides is 2. The molecule has 0 saturated carbocycles. The third kappa shape index (κ3) is 9.01. The number of sulfonamides is 1. The van der Waals surface area contributed by atoms with Crippen LogP contribution in [0.2, 0.25) is 15.1 Å². The number of benzene rings is 3. The first-order valence-corrected chi connectivity index (χ1v) is 16.3. The Morgan fingerprint density at radius 3 is 2.19 bits per heavy atom. The molecule has 3 rings (SSSR count). The van der Waals surface area contributed by atoms with Gasteiger partial charge >= 0.3 is 0 Å². The summed E-state index contributed by atoms with van der Waals surface area (Å²) in [7, 11) is -2.52. The maximum Gasteiger partial charge on any atom is 0.244 e. The quantitative estimate of drug-likeness (QED) is 0.216. The molecule has 0 radical (unpaired) electrons. The number of halogens is 3. The molecule has 1 atom stereocenters. The molecule has 3 aromatic carbocycles. The second kappa shape index (κ2) is 15.5. The van der Waals surface area contributed by atoms with Crippen LogP contribution in [0.1, 0.15) is 30.9 Å². The van der Waals surface area contributed by atoms with Crippen LogP contribution in [-0.2, 0) is 32.6 Å². The molecule has 1 N–H and O–H groups in total. The van der Waals surface area contributed by atoms with E-state index >= 15 is 0 Å². The molecule has 2 amide bonds. The summed E-state index contributed by atoms with van der Waals surface area (Å²) in [6.45, 7) is 1.71. The van der Waals surface area contributed by atoms with Gasteiger partial charge in [-0.05, 0) is 42.3 Å². The third-order valence-electron chi connectivity index (χ3n) is 6.59. The summed E-state index contributed by atoms with van der Waals surface area (Å²) in [5.41, 5.74) is 1.42. The number of carbonyl (C=O) groups excluding carboxylic acids is 2. The van der Waals surface area contributed by atoms with E-state index in [1.54, 1.807) is 18.2 Å². The van der Waals surface area contributed by atoms with Crippen molar-refractivity contribution in [3.63, 3.8) is 0 Å². The Balaban J connectivity index is 2.09. The molecule has 0 heterocycles. The summed E-state index contributed by atoms with van der Waals surface area (Å²) in [4.78, 5) is 29.2. The number of ether oxygens (including phenoxy) is 1. The summed E-state index contributed by atoms with van der Waals surface area (Å²) in [5, 5.41) is 3.73. The van der Waals surface area contributed by atoms with Gasteiger partial charge in [0.15, 0.2) is 0 Å². The fourth-order valence-corrected chi connectivity index (χ4v) is 5.95. The average molecular weight is 655 g/mol. The van der Waals surface area contributed by atoms with Gasteiger partial charge in [-0.25, -0.2) is 8.42 Å². The smallest absolute Gasteiger partial charge is 0.244 e. The number of anilines is 1. The fourth-order valence-electron chi connectivity index (χ4n) is 4.34. The van der Waals surface area contributed by atoms with Crippen LogP contribution in [0.4, 0.5) is 5.69 Å². The highest BCUT2D eigenvalue weighted by molar-refractivity contribution is 7.92. The Morgan fingerprint density at radius 2 is 1.62 bits per heavy atom. The van der Waals surface area contributed by atoms with Crippen LogP contribution < -0.4 is 14.4 Å². The highest BCUT2D eigenvalue weighted by Gasteiger charge is 2.33. The van der Waals surface area contributed by atoms with Crippen molar-refractivity contribution < 1.29 is 22.7 Å². The first kappa shape index (κ1) is 33.5. The predicted octanol–water partition coefficient (Wildman–Crippen LogP) is 5.98. The summed E-state index contributed by atoms with van der Waals surface area (Å²) in [6.07, 6.45) is 2.80. The van der Waals surface area contributed by atoms with Crippen LogP contribution in [0.25, 0.3) is 0 Å². The minimum Gasteiger partial charge on any atom is -0.495 e. The summed E-state index contributed by atoms with van der Waals surface area (Å²) in [5.74, 6) is -0.654. The lowest BCUT2D eigenvalue weighted by molar-refractivity contribution is -0.140. The van der Waals surface area contributed by atoms with E-state index in [2.05, 4.69) is 5.32 Å². The van der Waals surface area contributed by atoms with Crippen molar-refractivity contribution in [2.75, 3.05) is 30.8 Å². The van der Waals surface area contributed by atoms with Gasteiger partial charge in [-0.15, -0.1) is 0 Å². The number of methoxy groups -OCH3 is 1. The van der Waals surface area contributed by atoms with Crippen molar-refractivity contribution in [2.45, 2.75) is 38.8 Å². The Bertz CT molecular complexity index is 1470. The standard InChI is InChI=1S/C30H34Cl3N3O5S/c1-4-5-16-34-30(38)27(17-21-10-7-6-8-11-21)35(19-23-24(31)12-9-13-25(23)32)29(37)20-36(42(3,39)40)22-14-15-28(41-2)26(33)18-22/h6-15,18,27H,4-5,16-17,19-20H2,1-3H3,(H,34,38)/t27-/m0/s1. The van der Waals surface area contributed by atoms with Gasteiger partial charge in [0.1, 0.15) is 18.3 Å². The van der Waals surface area contributed by atoms with E-state index in [4.69, 9.17) is 39.5 Å². The van der Waals surface area contributed by atoms with Crippen LogP contribution in [0.5, 0.6) is 5.75 Å². The van der Waals surface area contributed by atoms with E-state index in [1.807, 2.05) is 37.3 Å². The Hall–Kier alpha value is -2.98. The molecule has 8 nitrogen and oxygen atoms in total. The normalized spacial score (nSPS) is 12.0. The number of nitrogens with one attached hydrogen (secondary N) is 1. The number of rotatable bonds is 14. The molecule has 0 saturated heterocycles. The van der Waals surface area contributed by atoms with Gasteiger partial charge in [-0.2, -0.15) is 0 Å². The molecule has 0 fully saturated rings. The maximum absolute atomic E-state index is 14.2. The van der Waals surface area contributed by atoms with E-state index in [0.717, 1.165) is 29.0 Å². The molecule has 0 unspecified atom stereocenters. The van der Waals surface area contributed by atoms with Crippen molar-refractivity contribution in [3.05, 3.63) is 92.9 Å². The van der Waals surface area contributed by atoms with Crippen molar-refractivity contribution in [1.82, 2.24) is 10.2 Å². The Kier molecular flexibility index (Phi) is 12.4. The summed E-state index contributed by atoms with van der Waals surface area (Å²) >= 11 is 19.3. The van der Waals surface area contributed by atoms with E-state index in [0.29, 0.717) is 27.9 Å². The zero-order valence-corrected chi connectivity index (χ0v) is 26.7. The minimum absolute atomic E-state index is 0.128. The highest BCUT2D eigenvalue weighted by Crippen LogP contribution is 2.31. The number of carbonyl (C=O) groups is 2. The van der Waals surface area contributed by atoms with Gasteiger partial charge in [0.25, 0.3) is 0 Å². The molecule has 226 valence electrons. The van der Waals surface area contributed by atoms with Crippen LogP contribution >= 0.6 is 34.8 Å². The maximum atomic E-state index is 14.2. The first-order chi connectivity index (χ1) is 20.0. The van der Waals surface area contributed by atoms with Crippen LogP contribution in [0.15, 0.2) is 66.7 Å². The Labute approximate surface area is 262 Å². The summed E-state index contributed by atoms with van der Waals surface area (Å²) < 4.78 is 32.0. The van der Waals surface area contributed by atoms with Crippen molar-refractivity contribution in [3.8, 4) is 5.75 Å². The fraction of sp³-hybridized carbons (Fsp3) is 0.333. The lowest BCUT2D eigenvalue weighted by Crippen LogP contribution is -2.53. The van der Waals surface area contributed by atoms with Gasteiger partial charge in [-0.1, -0.05) is 84.5 Å². The molecule has 0 spiro atoms. The third-order valence-corrected chi connectivity index (χ3v) is 8.74. The van der Waals surface area contributed by atoms with Gasteiger partial charge < -0.3 is 15.0 Å². The monoisotopic (exact) mass is 653 g/mol. The van der Waals surface area contributed by atoms with E-state index < -0.39 is 28.5 Å². The van der Waals surface area contributed by atoms with E-state index in [9.17, 15) is 18.0 Å². The number of hydrogen-bond acceptors (Lipinski definition) is 5. The number of nitrogens with zero attached hydrogens (tertiary/aromatic N) is 2. The molecule has 12 heteroatoms. The van der Waals surface area contributed by atoms with Gasteiger partial charge in [0.05, 0.1) is 24.1 Å². The zero-order valence-electron chi connectivity index (χ0n) is 23.6. The van der Waals surface area contributed by atoms with Gasteiger partial charge in [0.2, 0.25) is 21.8 Å². The van der Waals surface area contributed by atoms with E-state index in [1.165, 1.54) is 30.2 Å². The molecule has 0 aliphatic rings. The van der Waals surface area contributed by atoms with Crippen molar-refractivity contribution in [1.29, 1.82) is 0 Å². The molecular formula is C30H34Cl3N3O5S. The number of hydrogen-bond donors (Lipinski definition) is 1. The topological polar surface area (TPSA) is 96.0 Å². The Morgan fingerprint density at radius 1 is 0.952 bits per heavy atom. The zero-order chi connectivity index (χ0) is 30.9. The average Bonchev–Trinajstić information content (AvgIpc) is 2.94. The van der Waals surface area contributed by atoms with Crippen LogP contribution in [0, 0.1) is 0 Å². The molecular weight excluding hydrogens is 621 g/mol. The molecule has 0 aliphatic carbocycles. The van der Waals surface area contributed by atoms with Crippen molar-refractivity contribution in [2.24, 2.45) is 0 Å². The van der Waals surface area contributed by atoms with Crippen LogP contribution in [0.3, 0.4) is 0 Å². The number of unbranched alkanes of at least 4 members (excludes halogenated alkanes) is 1. The van der Waals surface area contributed by atoms with Gasteiger partial charge in [-0.3, -0.25) is 13.9 Å². The first-order valence-electron chi connectivity index (χ1n) is 13.3. The van der Waals surface area contributed by atoms with Crippen LogP contribution in [-0.4, -0.2) is 57.6 Å². The molecule has 0 aromatic heterocycles. The second-order valence-electron chi connectivity index (χ2n) is 9.66. The lowest BCUT2D eigenvalue weighted by Gasteiger charge is -2.34. The highest BCUT2D eigenvalue weighted by atomic mass is 35.5. The molecule has 0 bridgehead atoms. The molecule has 42 heavy (non-hydrogen) atoms. The minimum atomic E-state index is -3.96. The van der Waals surface area contributed by atoms with Gasteiger partial charge in [0, 0.05) is 35.1 Å². The SMILES string of the molecule is CCCCNC(=O)[C@H](Cc1ccccc1)N(Cc1c(Cl)cccc1Cl)C(=O)CN(c1ccc(OC)c(Cl)c1)S(C)(=O)=O. The largest absolute Gasteiger partial charge is 0.495 e. The lowest BCUT2D eigenvalue weighted by atomic mass is 10.0. The van der Waals surface area contributed by atoms with E-state index in [-0.39, 0.29) is 29.6 Å². The van der Waals surface area contributed by atoms with Crippen molar-refractivity contribution >= 4 is 62.3 Å². The molecule has 3 aromatic rings. The summed E-state index contributed by atoms with van der Waals surface area (Å²) in [6, 6.07) is 17.6. The second-order valence-corrected chi connectivity index (χ2v) is 12.8.